The predicted octanol–water partition coefficient (Wildman–Crippen LogP) is 4.03. The highest BCUT2D eigenvalue weighted by molar-refractivity contribution is 6.99. The molecule has 0 saturated carbocycles. The minimum atomic E-state index is 0.182. The van der Waals surface area contributed by atoms with Crippen LogP contribution in [0.4, 0.5) is 11.4 Å². The Labute approximate surface area is 158 Å². The predicted molar refractivity (Wildman–Crippen MR) is 113 cm³/mol. The summed E-state index contributed by atoms with van der Waals surface area (Å²) in [6.07, 6.45) is 0. The average Bonchev–Trinajstić information content (AvgIpc) is 2.74. The number of ether oxygens (including phenoxy) is 1. The summed E-state index contributed by atoms with van der Waals surface area (Å²) in [6.45, 7) is 0.182. The molecule has 27 heavy (non-hydrogen) atoms. The number of hydrogen-bond donors (Lipinski definition) is 1. The third-order valence-electron chi connectivity index (χ3n) is 5.56. The Hall–Kier alpha value is -3.46. The van der Waals surface area contributed by atoms with Crippen molar-refractivity contribution < 1.29 is 4.74 Å². The molecule has 0 fully saturated rings. The van der Waals surface area contributed by atoms with E-state index in [1.54, 1.807) is 0 Å². The van der Waals surface area contributed by atoms with Crippen LogP contribution in [0.1, 0.15) is 0 Å². The molecule has 2 heterocycles. The zero-order valence-electron chi connectivity index (χ0n) is 14.6. The summed E-state index contributed by atoms with van der Waals surface area (Å²) in [5, 5.41) is 3.70. The smallest absolute Gasteiger partial charge is 0.256 e. The van der Waals surface area contributed by atoms with Crippen LogP contribution in [0, 0.1) is 0 Å². The van der Waals surface area contributed by atoms with Gasteiger partial charge in [-0.15, -0.1) is 0 Å². The first-order valence-corrected chi connectivity index (χ1v) is 9.25. The van der Waals surface area contributed by atoms with Gasteiger partial charge in [-0.25, -0.2) is 0 Å². The Morgan fingerprint density at radius 2 is 1.37 bits per heavy atom. The Bertz CT molecular complexity index is 1180. The molecule has 0 atom stereocenters. The van der Waals surface area contributed by atoms with Crippen LogP contribution in [-0.4, -0.2) is 6.71 Å². The summed E-state index contributed by atoms with van der Waals surface area (Å²) in [7, 11) is 0. The lowest BCUT2D eigenvalue weighted by molar-refractivity contribution is 0.487. The average molecular weight is 345 g/mol. The highest BCUT2D eigenvalue weighted by Gasteiger charge is 2.39. The Kier molecular flexibility index (Phi) is 3.00. The van der Waals surface area contributed by atoms with Gasteiger partial charge in [0.05, 0.1) is 0 Å². The molecule has 4 aromatic carbocycles. The number of fused-ring (bicyclic) bond motifs is 4. The van der Waals surface area contributed by atoms with Crippen molar-refractivity contribution >= 4 is 34.5 Å². The number of rotatable bonds is 1. The topological polar surface area (TPSA) is 21.3 Å². The number of hydrogen-bond acceptors (Lipinski definition) is 2. The van der Waals surface area contributed by atoms with Crippen LogP contribution < -0.4 is 26.4 Å². The third kappa shape index (κ3) is 2.09. The molecule has 3 heteroatoms. The van der Waals surface area contributed by atoms with Gasteiger partial charge in [0.1, 0.15) is 11.5 Å². The zero-order valence-corrected chi connectivity index (χ0v) is 14.6. The van der Waals surface area contributed by atoms with Gasteiger partial charge in [-0.1, -0.05) is 66.7 Å². The summed E-state index contributed by atoms with van der Waals surface area (Å²) in [6, 6.07) is 31.8. The highest BCUT2D eigenvalue weighted by atomic mass is 16.5. The first kappa shape index (κ1) is 14.7. The fourth-order valence-corrected chi connectivity index (χ4v) is 4.38. The standard InChI is InChI=1S/C24H16BNO/c1-2-8-16(9-3-1)17-14-15-22-23-24(17)26-20-12-6-4-10-18(20)25(23)19-11-5-7-13-21(19)27-22/h1-15,26H. The van der Waals surface area contributed by atoms with Gasteiger partial charge in [0.15, 0.2) is 0 Å². The van der Waals surface area contributed by atoms with Crippen LogP contribution in [-0.2, 0) is 0 Å². The molecule has 126 valence electrons. The van der Waals surface area contributed by atoms with Gasteiger partial charge in [-0.3, -0.25) is 0 Å². The summed E-state index contributed by atoms with van der Waals surface area (Å²) in [4.78, 5) is 0. The van der Waals surface area contributed by atoms with E-state index in [4.69, 9.17) is 4.74 Å². The summed E-state index contributed by atoms with van der Waals surface area (Å²) < 4.78 is 6.29. The van der Waals surface area contributed by atoms with E-state index in [0.29, 0.717) is 0 Å². The molecule has 6 rings (SSSR count). The maximum atomic E-state index is 6.29. The molecule has 4 aromatic rings. The molecule has 0 aliphatic carbocycles. The SMILES string of the molecule is c1ccc(-c2ccc3c4c2Nc2ccccc2B4c2ccccc2O3)cc1. The lowest BCUT2D eigenvalue weighted by atomic mass is 9.34. The fraction of sp³-hybridized carbons (Fsp3) is 0. The Balaban J connectivity index is 1.68. The molecule has 1 N–H and O–H groups in total. The molecule has 0 aromatic heterocycles. The number of anilines is 2. The molecule has 0 spiro atoms. The molecule has 2 nitrogen and oxygen atoms in total. The van der Waals surface area contributed by atoms with Gasteiger partial charge in [0, 0.05) is 16.9 Å². The quantitative estimate of drug-likeness (QED) is 0.454. The van der Waals surface area contributed by atoms with Crippen molar-refractivity contribution in [3.8, 4) is 22.6 Å². The van der Waals surface area contributed by atoms with Gasteiger partial charge < -0.3 is 10.1 Å². The molecule has 2 aliphatic heterocycles. The van der Waals surface area contributed by atoms with Crippen molar-refractivity contribution in [3.05, 3.63) is 91.0 Å². The minimum Gasteiger partial charge on any atom is -0.458 e. The lowest BCUT2D eigenvalue weighted by Crippen LogP contribution is -2.58. The Morgan fingerprint density at radius 1 is 0.630 bits per heavy atom. The van der Waals surface area contributed by atoms with E-state index in [1.165, 1.54) is 33.2 Å². The van der Waals surface area contributed by atoms with E-state index in [9.17, 15) is 0 Å². The van der Waals surface area contributed by atoms with Crippen LogP contribution in [0.15, 0.2) is 91.0 Å². The van der Waals surface area contributed by atoms with E-state index in [0.717, 1.165) is 17.2 Å². The molecule has 2 aliphatic rings. The van der Waals surface area contributed by atoms with Gasteiger partial charge in [-0.05, 0) is 46.2 Å². The van der Waals surface area contributed by atoms with Gasteiger partial charge in [0.2, 0.25) is 0 Å². The van der Waals surface area contributed by atoms with Crippen LogP contribution >= 0.6 is 0 Å². The van der Waals surface area contributed by atoms with Crippen LogP contribution in [0.3, 0.4) is 0 Å². The fourth-order valence-electron chi connectivity index (χ4n) is 4.38. The molecule has 0 bridgehead atoms. The highest BCUT2D eigenvalue weighted by Crippen LogP contribution is 2.37. The molecular formula is C24H16BNO. The molecule has 0 radical (unpaired) electrons. The van der Waals surface area contributed by atoms with Crippen molar-refractivity contribution in [2.75, 3.05) is 5.32 Å². The molecular weight excluding hydrogens is 329 g/mol. The number of benzene rings is 4. The van der Waals surface area contributed by atoms with Gasteiger partial charge >= 0.3 is 0 Å². The van der Waals surface area contributed by atoms with Crippen LogP contribution in [0.5, 0.6) is 11.5 Å². The van der Waals surface area contributed by atoms with Crippen molar-refractivity contribution in [2.45, 2.75) is 0 Å². The van der Waals surface area contributed by atoms with Crippen LogP contribution in [0.2, 0.25) is 0 Å². The number of para-hydroxylation sites is 2. The van der Waals surface area contributed by atoms with Gasteiger partial charge in [0.25, 0.3) is 6.71 Å². The van der Waals surface area contributed by atoms with Crippen molar-refractivity contribution in [2.24, 2.45) is 0 Å². The van der Waals surface area contributed by atoms with E-state index in [1.807, 2.05) is 6.07 Å². The molecule has 0 unspecified atom stereocenters. The normalized spacial score (nSPS) is 13.0. The second-order valence-corrected chi connectivity index (χ2v) is 7.05. The van der Waals surface area contributed by atoms with E-state index >= 15 is 0 Å². The Morgan fingerprint density at radius 3 is 2.26 bits per heavy atom. The third-order valence-corrected chi connectivity index (χ3v) is 5.56. The summed E-state index contributed by atoms with van der Waals surface area (Å²) in [5.74, 6) is 1.89. The molecule has 0 amide bonds. The minimum absolute atomic E-state index is 0.182. The summed E-state index contributed by atoms with van der Waals surface area (Å²) in [5.41, 5.74) is 8.49. The second-order valence-electron chi connectivity index (χ2n) is 7.05. The monoisotopic (exact) mass is 345 g/mol. The van der Waals surface area contributed by atoms with E-state index < -0.39 is 0 Å². The van der Waals surface area contributed by atoms with Gasteiger partial charge in [-0.2, -0.15) is 0 Å². The lowest BCUT2D eigenvalue weighted by Gasteiger charge is -2.35. The van der Waals surface area contributed by atoms with Crippen molar-refractivity contribution in [1.29, 1.82) is 0 Å². The first-order valence-electron chi connectivity index (χ1n) is 9.25. The van der Waals surface area contributed by atoms with Crippen molar-refractivity contribution in [3.63, 3.8) is 0 Å². The van der Waals surface area contributed by atoms with E-state index in [-0.39, 0.29) is 6.71 Å². The number of nitrogens with one attached hydrogen (secondary N) is 1. The maximum Gasteiger partial charge on any atom is 0.256 e. The zero-order chi connectivity index (χ0) is 17.8. The second kappa shape index (κ2) is 5.52. The van der Waals surface area contributed by atoms with Crippen molar-refractivity contribution in [1.82, 2.24) is 0 Å². The molecule has 0 saturated heterocycles. The van der Waals surface area contributed by atoms with E-state index in [2.05, 4.69) is 90.2 Å². The first-order chi connectivity index (χ1) is 13.4. The largest absolute Gasteiger partial charge is 0.458 e. The van der Waals surface area contributed by atoms with Crippen LogP contribution in [0.25, 0.3) is 11.1 Å². The maximum absolute atomic E-state index is 6.29. The summed E-state index contributed by atoms with van der Waals surface area (Å²) >= 11 is 0.